The third-order valence-corrected chi connectivity index (χ3v) is 7.76. The van der Waals surface area contributed by atoms with Crippen LogP contribution in [0.15, 0.2) is 42.5 Å². The zero-order valence-corrected chi connectivity index (χ0v) is 21.3. The van der Waals surface area contributed by atoms with Crippen LogP contribution in [0, 0.1) is 17.7 Å². The van der Waals surface area contributed by atoms with Crippen molar-refractivity contribution in [2.45, 2.75) is 70.2 Å². The summed E-state index contributed by atoms with van der Waals surface area (Å²) in [5.41, 5.74) is 1.43. The van der Waals surface area contributed by atoms with E-state index >= 15 is 0 Å². The maximum atomic E-state index is 14.4. The van der Waals surface area contributed by atoms with Gasteiger partial charge in [-0.25, -0.2) is 9.37 Å². The van der Waals surface area contributed by atoms with E-state index in [9.17, 15) is 9.18 Å². The second kappa shape index (κ2) is 10.3. The number of esters is 1. The minimum atomic E-state index is -2.57. The molecule has 3 aromatic rings. The molecule has 0 aliphatic heterocycles. The third-order valence-electron chi connectivity index (χ3n) is 7.76. The first-order valence-electron chi connectivity index (χ1n) is 15.0. The SMILES string of the molecule is [2H]C1([2H])c2cc(F)ccc2C(CCN(C)CCCc2nc3ccccc3[nH]2)(C(C)C)C(OC(=O)C2CC2)C1([2H])[2H]. The number of rotatable bonds is 10. The summed E-state index contributed by atoms with van der Waals surface area (Å²) in [6.07, 6.45) is -3.01. The number of aromatic nitrogens is 2. The van der Waals surface area contributed by atoms with Crippen molar-refractivity contribution >= 4 is 17.0 Å². The van der Waals surface area contributed by atoms with Crippen molar-refractivity contribution in [3.63, 3.8) is 0 Å². The fourth-order valence-corrected chi connectivity index (χ4v) is 5.40. The van der Waals surface area contributed by atoms with Crippen LogP contribution >= 0.6 is 0 Å². The molecule has 1 heterocycles. The average Bonchev–Trinajstić information content (AvgIpc) is 3.67. The third kappa shape index (κ3) is 5.06. The molecule has 0 bridgehead atoms. The van der Waals surface area contributed by atoms with Crippen molar-refractivity contribution in [2.75, 3.05) is 20.1 Å². The van der Waals surface area contributed by atoms with E-state index in [1.807, 2.05) is 45.2 Å². The van der Waals surface area contributed by atoms with Crippen LogP contribution in [-0.2, 0) is 27.7 Å². The summed E-state index contributed by atoms with van der Waals surface area (Å²) < 4.78 is 55.9. The van der Waals surface area contributed by atoms with Crippen LogP contribution in [0.3, 0.4) is 0 Å². The molecule has 2 aromatic carbocycles. The number of imidazole rings is 1. The Morgan fingerprint density at radius 3 is 2.83 bits per heavy atom. The Bertz CT molecular complexity index is 1360. The van der Waals surface area contributed by atoms with E-state index in [0.29, 0.717) is 31.4 Å². The fourth-order valence-electron chi connectivity index (χ4n) is 5.40. The highest BCUT2D eigenvalue weighted by atomic mass is 19.1. The van der Waals surface area contributed by atoms with Crippen LogP contribution < -0.4 is 0 Å². The molecule has 6 heteroatoms. The standard InChI is InChI=1S/C30H38FN3O2/c1-20(2)30(16-18-34(3)17-6-9-28-32-25-7-4-5-8-26(25)33-28)24-14-13-23(31)19-22(24)12-15-27(30)36-29(35)21-10-11-21/h4-5,7-8,13-14,19-21,27H,6,9-12,15-18H2,1-3H3,(H,32,33)/i12D2,15D2. The molecule has 1 fully saturated rings. The second-order valence-corrected chi connectivity index (χ2v) is 10.6. The maximum absolute atomic E-state index is 14.4. The number of benzene rings is 2. The molecule has 1 saturated carbocycles. The van der Waals surface area contributed by atoms with E-state index in [0.717, 1.165) is 42.3 Å². The molecule has 0 saturated heterocycles. The predicted molar refractivity (Wildman–Crippen MR) is 140 cm³/mol. The molecule has 2 aliphatic rings. The van der Waals surface area contributed by atoms with Gasteiger partial charge in [0.1, 0.15) is 17.7 Å². The van der Waals surface area contributed by atoms with Gasteiger partial charge in [0.05, 0.1) is 17.0 Å². The van der Waals surface area contributed by atoms with Gasteiger partial charge < -0.3 is 14.6 Å². The average molecular weight is 496 g/mol. The van der Waals surface area contributed by atoms with Gasteiger partial charge in [0.2, 0.25) is 0 Å². The van der Waals surface area contributed by atoms with Crippen LogP contribution in [0.4, 0.5) is 4.39 Å². The predicted octanol–water partition coefficient (Wildman–Crippen LogP) is 5.82. The van der Waals surface area contributed by atoms with Crippen molar-refractivity contribution < 1.29 is 19.4 Å². The largest absolute Gasteiger partial charge is 0.461 e. The van der Waals surface area contributed by atoms with Gasteiger partial charge in [-0.3, -0.25) is 4.79 Å². The fraction of sp³-hybridized carbons (Fsp3) is 0.533. The Morgan fingerprint density at radius 1 is 1.28 bits per heavy atom. The van der Waals surface area contributed by atoms with Crippen molar-refractivity contribution in [3.8, 4) is 0 Å². The number of nitrogens with one attached hydrogen (secondary N) is 1. The highest BCUT2D eigenvalue weighted by Gasteiger charge is 2.49. The van der Waals surface area contributed by atoms with Gasteiger partial charge in [0.25, 0.3) is 0 Å². The van der Waals surface area contributed by atoms with Gasteiger partial charge in [-0.05, 0) is 99.9 Å². The molecule has 1 aromatic heterocycles. The van der Waals surface area contributed by atoms with E-state index in [1.54, 1.807) is 6.07 Å². The van der Waals surface area contributed by atoms with E-state index in [1.165, 1.54) is 6.07 Å². The summed E-state index contributed by atoms with van der Waals surface area (Å²) in [5.74, 6) is -0.642. The minimum Gasteiger partial charge on any atom is -0.461 e. The molecule has 1 N–H and O–H groups in total. The first-order valence-corrected chi connectivity index (χ1v) is 13.0. The highest BCUT2D eigenvalue weighted by Crippen LogP contribution is 2.48. The lowest BCUT2D eigenvalue weighted by atomic mass is 9.60. The molecule has 5 rings (SSSR count). The Hall–Kier alpha value is -2.73. The normalized spacial score (nSPS) is 26.2. The van der Waals surface area contributed by atoms with Crippen molar-refractivity contribution in [1.29, 1.82) is 0 Å². The number of fused-ring (bicyclic) bond motifs is 2. The van der Waals surface area contributed by atoms with Gasteiger partial charge in [0, 0.05) is 17.3 Å². The quantitative estimate of drug-likeness (QED) is 0.360. The summed E-state index contributed by atoms with van der Waals surface area (Å²) in [5, 5.41) is 0. The molecule has 36 heavy (non-hydrogen) atoms. The van der Waals surface area contributed by atoms with Crippen molar-refractivity contribution in [1.82, 2.24) is 14.9 Å². The van der Waals surface area contributed by atoms with Crippen LogP contribution in [0.2, 0.25) is 0 Å². The first-order chi connectivity index (χ1) is 18.9. The van der Waals surface area contributed by atoms with Crippen LogP contribution in [0.25, 0.3) is 11.0 Å². The summed E-state index contributed by atoms with van der Waals surface area (Å²) in [6, 6.07) is 11.9. The lowest BCUT2D eigenvalue weighted by molar-refractivity contribution is -0.157. The molecule has 2 atom stereocenters. The Kier molecular flexibility index (Phi) is 5.84. The van der Waals surface area contributed by atoms with Gasteiger partial charge >= 0.3 is 5.97 Å². The molecule has 192 valence electrons. The minimum absolute atomic E-state index is 0.00235. The van der Waals surface area contributed by atoms with E-state index in [-0.39, 0.29) is 17.4 Å². The van der Waals surface area contributed by atoms with Crippen LogP contribution in [0.1, 0.15) is 68.3 Å². The maximum Gasteiger partial charge on any atom is 0.309 e. The van der Waals surface area contributed by atoms with Crippen LogP contribution in [-0.4, -0.2) is 47.1 Å². The number of ether oxygens (including phenoxy) is 1. The number of aromatic amines is 1. The Labute approximate surface area is 219 Å². The summed E-state index contributed by atoms with van der Waals surface area (Å²) in [4.78, 5) is 23.1. The van der Waals surface area contributed by atoms with Crippen molar-refractivity contribution in [3.05, 3.63) is 65.2 Å². The van der Waals surface area contributed by atoms with E-state index in [4.69, 9.17) is 10.2 Å². The zero-order chi connectivity index (χ0) is 28.9. The highest BCUT2D eigenvalue weighted by molar-refractivity contribution is 5.75. The molecule has 0 amide bonds. The van der Waals surface area contributed by atoms with Crippen LogP contribution in [0.5, 0.6) is 0 Å². The number of hydrogen-bond acceptors (Lipinski definition) is 4. The van der Waals surface area contributed by atoms with Gasteiger partial charge in [-0.1, -0.05) is 32.0 Å². The van der Waals surface area contributed by atoms with E-state index < -0.39 is 36.1 Å². The number of hydrogen-bond donors (Lipinski definition) is 1. The molecule has 2 unspecified atom stereocenters. The lowest BCUT2D eigenvalue weighted by Crippen LogP contribution is -2.51. The Morgan fingerprint density at radius 2 is 2.08 bits per heavy atom. The molecule has 2 aliphatic carbocycles. The topological polar surface area (TPSA) is 58.2 Å². The smallest absolute Gasteiger partial charge is 0.309 e. The van der Waals surface area contributed by atoms with Gasteiger partial charge in [-0.15, -0.1) is 0 Å². The molecular weight excluding hydrogens is 453 g/mol. The van der Waals surface area contributed by atoms with Crippen molar-refractivity contribution in [2.24, 2.45) is 11.8 Å². The lowest BCUT2D eigenvalue weighted by Gasteiger charge is -2.48. The summed E-state index contributed by atoms with van der Waals surface area (Å²) >= 11 is 0. The number of para-hydroxylation sites is 2. The molecule has 0 radical (unpaired) electrons. The first kappa shape index (κ1) is 20.3. The van der Waals surface area contributed by atoms with E-state index in [2.05, 4.69) is 14.9 Å². The number of carbonyl (C=O) groups excluding carboxylic acids is 1. The number of carbonyl (C=O) groups is 1. The second-order valence-electron chi connectivity index (χ2n) is 10.6. The van der Waals surface area contributed by atoms with Gasteiger partial charge in [-0.2, -0.15) is 0 Å². The monoisotopic (exact) mass is 495 g/mol. The summed E-state index contributed by atoms with van der Waals surface area (Å²) in [6.45, 7) is 5.22. The number of halogens is 1. The number of aryl methyl sites for hydroxylation is 2. The molecule has 0 spiro atoms. The zero-order valence-electron chi connectivity index (χ0n) is 25.3. The molecule has 5 nitrogen and oxygen atoms in total. The number of nitrogens with zero attached hydrogens (tertiary/aromatic N) is 2. The Balaban J connectivity index is 1.40. The van der Waals surface area contributed by atoms with Gasteiger partial charge in [0.15, 0.2) is 0 Å². The number of H-pyrrole nitrogens is 1. The summed E-state index contributed by atoms with van der Waals surface area (Å²) in [7, 11) is 2.00. The molecular formula is C30H38FN3O2.